The van der Waals surface area contributed by atoms with Crippen LogP contribution in [0.1, 0.15) is 30.1 Å². The fraction of sp³-hybridized carbons (Fsp3) is 0.533. The van der Waals surface area contributed by atoms with E-state index in [9.17, 15) is 4.79 Å². The van der Waals surface area contributed by atoms with Crippen molar-refractivity contribution in [1.82, 2.24) is 10.2 Å². The standard InChI is InChI=1S/C15H23N3O2/c1-2-17-15(19)12-5-6-14(13(16)11-12)20-10-9-18-7-3-4-8-18/h5-6,11H,2-4,7-10,16H2,1H3,(H,17,19). The number of carbonyl (C=O) groups excluding carboxylic acids is 1. The molecule has 5 heteroatoms. The molecule has 0 aromatic heterocycles. The van der Waals surface area contributed by atoms with Gasteiger partial charge in [-0.2, -0.15) is 0 Å². The van der Waals surface area contributed by atoms with Crippen molar-refractivity contribution in [3.63, 3.8) is 0 Å². The second kappa shape index (κ2) is 7.14. The number of nitrogens with two attached hydrogens (primary N) is 1. The van der Waals surface area contributed by atoms with E-state index < -0.39 is 0 Å². The minimum atomic E-state index is -0.109. The zero-order chi connectivity index (χ0) is 14.4. The molecule has 20 heavy (non-hydrogen) atoms. The van der Waals surface area contributed by atoms with Crippen molar-refractivity contribution in [3.8, 4) is 5.75 Å². The van der Waals surface area contributed by atoms with E-state index in [4.69, 9.17) is 10.5 Å². The molecule has 0 bridgehead atoms. The molecular weight excluding hydrogens is 254 g/mol. The number of amides is 1. The van der Waals surface area contributed by atoms with Crippen LogP contribution in [0.25, 0.3) is 0 Å². The van der Waals surface area contributed by atoms with Crippen LogP contribution in [0.2, 0.25) is 0 Å². The van der Waals surface area contributed by atoms with Gasteiger partial charge in [-0.1, -0.05) is 0 Å². The summed E-state index contributed by atoms with van der Waals surface area (Å²) in [5, 5.41) is 2.75. The van der Waals surface area contributed by atoms with E-state index >= 15 is 0 Å². The molecule has 0 saturated carbocycles. The number of hydrogen-bond donors (Lipinski definition) is 2. The monoisotopic (exact) mass is 277 g/mol. The minimum Gasteiger partial charge on any atom is -0.490 e. The van der Waals surface area contributed by atoms with Gasteiger partial charge in [0, 0.05) is 18.7 Å². The molecule has 1 aliphatic heterocycles. The number of hydrogen-bond acceptors (Lipinski definition) is 4. The molecule has 0 unspecified atom stereocenters. The van der Waals surface area contributed by atoms with Crippen LogP contribution < -0.4 is 15.8 Å². The molecule has 5 nitrogen and oxygen atoms in total. The van der Waals surface area contributed by atoms with Crippen LogP contribution in [0, 0.1) is 0 Å². The number of nitrogens with one attached hydrogen (secondary N) is 1. The molecule has 1 heterocycles. The first-order chi connectivity index (χ1) is 9.70. The molecule has 110 valence electrons. The zero-order valence-electron chi connectivity index (χ0n) is 12.0. The Morgan fingerprint density at radius 2 is 2.15 bits per heavy atom. The van der Waals surface area contributed by atoms with Gasteiger partial charge in [0.1, 0.15) is 12.4 Å². The molecule has 0 aliphatic carbocycles. The van der Waals surface area contributed by atoms with Gasteiger partial charge in [0.15, 0.2) is 0 Å². The van der Waals surface area contributed by atoms with Crippen molar-refractivity contribution in [2.24, 2.45) is 0 Å². The smallest absolute Gasteiger partial charge is 0.251 e. The topological polar surface area (TPSA) is 67.6 Å². The summed E-state index contributed by atoms with van der Waals surface area (Å²) < 4.78 is 5.70. The van der Waals surface area contributed by atoms with Crippen molar-refractivity contribution >= 4 is 11.6 Å². The summed E-state index contributed by atoms with van der Waals surface area (Å²) in [5.41, 5.74) is 7.01. The average Bonchev–Trinajstić information content (AvgIpc) is 2.94. The molecule has 1 aromatic rings. The predicted octanol–water partition coefficient (Wildman–Crippen LogP) is 1.49. The second-order valence-electron chi connectivity index (χ2n) is 5.01. The van der Waals surface area contributed by atoms with E-state index in [0.29, 0.717) is 30.2 Å². The average molecular weight is 277 g/mol. The molecule has 1 aliphatic rings. The van der Waals surface area contributed by atoms with Crippen LogP contribution in [0.15, 0.2) is 18.2 Å². The SMILES string of the molecule is CCNC(=O)c1ccc(OCCN2CCCC2)c(N)c1. The Kier molecular flexibility index (Phi) is 5.24. The highest BCUT2D eigenvalue weighted by Gasteiger charge is 2.12. The highest BCUT2D eigenvalue weighted by molar-refractivity contribution is 5.95. The molecule has 0 atom stereocenters. The van der Waals surface area contributed by atoms with E-state index in [1.165, 1.54) is 12.8 Å². The Bertz CT molecular complexity index is 456. The lowest BCUT2D eigenvalue weighted by atomic mass is 10.2. The number of anilines is 1. The molecule has 2 rings (SSSR count). The van der Waals surface area contributed by atoms with Crippen molar-refractivity contribution in [1.29, 1.82) is 0 Å². The fourth-order valence-corrected chi connectivity index (χ4v) is 2.37. The maximum atomic E-state index is 11.7. The van der Waals surface area contributed by atoms with Crippen LogP contribution in [-0.2, 0) is 0 Å². The summed E-state index contributed by atoms with van der Waals surface area (Å²) in [7, 11) is 0. The molecule has 0 radical (unpaired) electrons. The van der Waals surface area contributed by atoms with Gasteiger partial charge in [0.05, 0.1) is 5.69 Å². The highest BCUT2D eigenvalue weighted by atomic mass is 16.5. The molecule has 1 aromatic carbocycles. The summed E-state index contributed by atoms with van der Waals surface area (Å²) in [6, 6.07) is 5.17. The van der Waals surface area contributed by atoms with Crippen LogP contribution in [0.3, 0.4) is 0 Å². The number of ether oxygens (including phenoxy) is 1. The minimum absolute atomic E-state index is 0.109. The number of likely N-dealkylation sites (tertiary alicyclic amines) is 1. The van der Waals surface area contributed by atoms with Crippen LogP contribution in [0.4, 0.5) is 5.69 Å². The Morgan fingerprint density at radius 3 is 2.80 bits per heavy atom. The maximum absolute atomic E-state index is 11.7. The van der Waals surface area contributed by atoms with E-state index in [1.54, 1.807) is 18.2 Å². The summed E-state index contributed by atoms with van der Waals surface area (Å²) in [5.74, 6) is 0.542. The third kappa shape index (κ3) is 3.87. The summed E-state index contributed by atoms with van der Waals surface area (Å²) in [4.78, 5) is 14.1. The molecular formula is C15H23N3O2. The lowest BCUT2D eigenvalue weighted by Gasteiger charge is -2.16. The van der Waals surface area contributed by atoms with Gasteiger partial charge in [0.25, 0.3) is 5.91 Å². The zero-order valence-corrected chi connectivity index (χ0v) is 12.0. The first-order valence-corrected chi connectivity index (χ1v) is 7.23. The molecule has 0 spiro atoms. The van der Waals surface area contributed by atoms with Crippen LogP contribution >= 0.6 is 0 Å². The maximum Gasteiger partial charge on any atom is 0.251 e. The van der Waals surface area contributed by atoms with Gasteiger partial charge >= 0.3 is 0 Å². The predicted molar refractivity (Wildman–Crippen MR) is 80.0 cm³/mol. The Balaban J connectivity index is 1.87. The van der Waals surface area contributed by atoms with Gasteiger partial charge < -0.3 is 15.8 Å². The van der Waals surface area contributed by atoms with Crippen molar-refractivity contribution in [2.75, 3.05) is 38.5 Å². The molecule has 1 amide bonds. The number of nitrogens with zero attached hydrogens (tertiary/aromatic N) is 1. The lowest BCUT2D eigenvalue weighted by Crippen LogP contribution is -2.25. The molecule has 3 N–H and O–H groups in total. The summed E-state index contributed by atoms with van der Waals surface area (Å²) in [6.45, 7) is 6.37. The second-order valence-corrected chi connectivity index (χ2v) is 5.01. The largest absolute Gasteiger partial charge is 0.490 e. The lowest BCUT2D eigenvalue weighted by molar-refractivity contribution is 0.0956. The quantitative estimate of drug-likeness (QED) is 0.773. The Hall–Kier alpha value is -1.75. The van der Waals surface area contributed by atoms with Gasteiger partial charge in [-0.05, 0) is 51.1 Å². The normalized spacial score (nSPS) is 15.2. The summed E-state index contributed by atoms with van der Waals surface area (Å²) in [6.07, 6.45) is 2.56. The third-order valence-corrected chi connectivity index (χ3v) is 3.47. The van der Waals surface area contributed by atoms with Crippen LogP contribution in [-0.4, -0.2) is 43.6 Å². The van der Waals surface area contributed by atoms with Gasteiger partial charge in [-0.25, -0.2) is 0 Å². The van der Waals surface area contributed by atoms with Crippen LogP contribution in [0.5, 0.6) is 5.75 Å². The first-order valence-electron chi connectivity index (χ1n) is 7.23. The first kappa shape index (κ1) is 14.7. The highest BCUT2D eigenvalue weighted by Crippen LogP contribution is 2.22. The molecule has 1 saturated heterocycles. The van der Waals surface area contributed by atoms with E-state index in [1.807, 2.05) is 6.92 Å². The van der Waals surface area contributed by atoms with Crippen molar-refractivity contribution in [2.45, 2.75) is 19.8 Å². The fourth-order valence-electron chi connectivity index (χ4n) is 2.37. The molecule has 1 fully saturated rings. The van der Waals surface area contributed by atoms with E-state index in [2.05, 4.69) is 10.2 Å². The van der Waals surface area contributed by atoms with E-state index in [0.717, 1.165) is 19.6 Å². The number of benzene rings is 1. The number of rotatable bonds is 6. The number of carbonyl (C=O) groups is 1. The summed E-state index contributed by atoms with van der Waals surface area (Å²) >= 11 is 0. The van der Waals surface area contributed by atoms with Crippen molar-refractivity contribution in [3.05, 3.63) is 23.8 Å². The van der Waals surface area contributed by atoms with Gasteiger partial charge in [-0.3, -0.25) is 9.69 Å². The van der Waals surface area contributed by atoms with E-state index in [-0.39, 0.29) is 5.91 Å². The Labute approximate surface area is 120 Å². The number of nitrogen functional groups attached to an aromatic ring is 1. The van der Waals surface area contributed by atoms with Gasteiger partial charge in [0.2, 0.25) is 0 Å². The van der Waals surface area contributed by atoms with Crippen molar-refractivity contribution < 1.29 is 9.53 Å². The Morgan fingerprint density at radius 1 is 1.40 bits per heavy atom. The van der Waals surface area contributed by atoms with Gasteiger partial charge in [-0.15, -0.1) is 0 Å². The third-order valence-electron chi connectivity index (χ3n) is 3.47.